The van der Waals surface area contributed by atoms with Gasteiger partial charge >= 0.3 is 0 Å². The van der Waals surface area contributed by atoms with Crippen LogP contribution in [0.15, 0.2) is 54.7 Å². The lowest BCUT2D eigenvalue weighted by atomic mass is 10.1. The van der Waals surface area contributed by atoms with E-state index in [0.29, 0.717) is 18.4 Å². The Balaban J connectivity index is 1.61. The number of rotatable bonds is 15. The summed E-state index contributed by atoms with van der Waals surface area (Å²) in [5, 5.41) is 3.52. The molecule has 0 fully saturated rings. The van der Waals surface area contributed by atoms with Gasteiger partial charge in [-0.3, -0.25) is 4.79 Å². The van der Waals surface area contributed by atoms with Crippen molar-refractivity contribution in [3.8, 4) is 5.75 Å². The molecule has 0 bridgehead atoms. The van der Waals surface area contributed by atoms with E-state index in [1.807, 2.05) is 54.3 Å². The van der Waals surface area contributed by atoms with Crippen LogP contribution in [-0.2, 0) is 6.54 Å². The number of nitrogens with one attached hydrogen (secondary N) is 1. The molecule has 7 heteroatoms. The second kappa shape index (κ2) is 14.2. The van der Waals surface area contributed by atoms with Gasteiger partial charge in [0.1, 0.15) is 5.75 Å². The van der Waals surface area contributed by atoms with Crippen LogP contribution >= 0.6 is 0 Å². The third-order valence-electron chi connectivity index (χ3n) is 7.38. The Hall–Kier alpha value is -3.48. The minimum Gasteiger partial charge on any atom is -0.494 e. The van der Waals surface area contributed by atoms with E-state index in [-0.39, 0.29) is 5.91 Å². The predicted octanol–water partition coefficient (Wildman–Crippen LogP) is 7.32. The number of carbonyl (C=O) groups is 1. The molecule has 7 nitrogen and oxygen atoms in total. The molecule has 0 aliphatic carbocycles. The zero-order chi connectivity index (χ0) is 28.5. The smallest absolute Gasteiger partial charge is 0.253 e. The summed E-state index contributed by atoms with van der Waals surface area (Å²) in [7, 11) is 0. The van der Waals surface area contributed by atoms with Gasteiger partial charge in [-0.05, 0) is 93.1 Å². The molecule has 1 aromatic heterocycles. The minimum atomic E-state index is 0.110. The van der Waals surface area contributed by atoms with E-state index in [2.05, 4.69) is 54.8 Å². The highest BCUT2D eigenvalue weighted by Crippen LogP contribution is 2.26. The molecular weight excluding hydrogens is 498 g/mol. The molecule has 0 saturated heterocycles. The van der Waals surface area contributed by atoms with Gasteiger partial charge < -0.3 is 24.4 Å². The lowest BCUT2D eigenvalue weighted by molar-refractivity contribution is 0.0741. The fourth-order valence-corrected chi connectivity index (χ4v) is 4.99. The van der Waals surface area contributed by atoms with E-state index < -0.39 is 0 Å². The average molecular weight is 546 g/mol. The molecule has 0 saturated carbocycles. The number of aryl methyl sites for hydroxylation is 1. The lowest BCUT2D eigenvalue weighted by Crippen LogP contribution is -2.34. The Labute approximate surface area is 240 Å². The number of nitrogens with zero attached hydrogens (tertiary/aromatic N) is 4. The van der Waals surface area contributed by atoms with Gasteiger partial charge in [0.25, 0.3) is 5.91 Å². The molecule has 0 radical (unpaired) electrons. The number of benzene rings is 2. The van der Waals surface area contributed by atoms with Crippen molar-refractivity contribution in [3.63, 3.8) is 0 Å². The number of hydrogen-bond donors (Lipinski definition) is 1. The Morgan fingerprint density at radius 3 is 2.38 bits per heavy atom. The Morgan fingerprint density at radius 2 is 1.75 bits per heavy atom. The van der Waals surface area contributed by atoms with E-state index >= 15 is 0 Å². The highest BCUT2D eigenvalue weighted by molar-refractivity contribution is 5.98. The van der Waals surface area contributed by atoms with Gasteiger partial charge in [0.15, 0.2) is 0 Å². The lowest BCUT2D eigenvalue weighted by Gasteiger charge is -2.25. The SMILES string of the molecule is CCOc1ccc(Nc2nc3ccc(C(=O)N(CCC(C)C)CCC(C)C)cc3n2CCCN2C=CCC2)cc1. The van der Waals surface area contributed by atoms with Gasteiger partial charge in [0.05, 0.1) is 17.6 Å². The molecule has 3 aromatic rings. The molecule has 1 aliphatic rings. The van der Waals surface area contributed by atoms with Crippen molar-refractivity contribution in [3.05, 3.63) is 60.3 Å². The first kappa shape index (κ1) is 29.5. The molecule has 1 amide bonds. The van der Waals surface area contributed by atoms with Crippen LogP contribution in [0.5, 0.6) is 5.75 Å². The molecule has 0 atom stereocenters. The van der Waals surface area contributed by atoms with Crippen molar-refractivity contribution in [1.82, 2.24) is 19.4 Å². The molecule has 1 aliphatic heterocycles. The first-order chi connectivity index (χ1) is 19.3. The third kappa shape index (κ3) is 8.03. The number of imidazole rings is 1. The fourth-order valence-electron chi connectivity index (χ4n) is 4.99. The monoisotopic (exact) mass is 545 g/mol. The number of anilines is 2. The number of aromatic nitrogens is 2. The standard InChI is InChI=1S/C33H47N5O2/c1-6-40-29-13-11-28(12-14-29)34-33-35-30-15-10-27(32(39)37(22-16-25(2)3)23-17-26(4)5)24-31(30)38(33)21-9-20-36-18-7-8-19-36/h7,10-15,18,24-26H,6,8-9,16-17,19-23H2,1-5H3,(H,34,35). The quantitative estimate of drug-likeness (QED) is 0.217. The Morgan fingerprint density at radius 1 is 1.02 bits per heavy atom. The van der Waals surface area contributed by atoms with Crippen molar-refractivity contribution in [2.75, 3.05) is 38.1 Å². The predicted molar refractivity (Wildman–Crippen MR) is 165 cm³/mol. The van der Waals surface area contributed by atoms with Crippen LogP contribution in [0.4, 0.5) is 11.6 Å². The number of hydrogen-bond acceptors (Lipinski definition) is 5. The third-order valence-corrected chi connectivity index (χ3v) is 7.38. The molecule has 216 valence electrons. The van der Waals surface area contributed by atoms with Gasteiger partial charge in [-0.2, -0.15) is 0 Å². The number of fused-ring (bicyclic) bond motifs is 1. The van der Waals surface area contributed by atoms with Crippen LogP contribution < -0.4 is 10.1 Å². The number of amides is 1. The van der Waals surface area contributed by atoms with E-state index in [1.165, 1.54) is 0 Å². The second-order valence-corrected chi connectivity index (χ2v) is 11.6. The molecule has 0 spiro atoms. The minimum absolute atomic E-state index is 0.110. The summed E-state index contributed by atoms with van der Waals surface area (Å²) < 4.78 is 7.84. The summed E-state index contributed by atoms with van der Waals surface area (Å²) in [4.78, 5) is 23.1. The summed E-state index contributed by atoms with van der Waals surface area (Å²) in [6.45, 7) is 15.9. The maximum absolute atomic E-state index is 13.8. The van der Waals surface area contributed by atoms with Crippen molar-refractivity contribution in [2.45, 2.75) is 66.8 Å². The molecule has 2 aromatic carbocycles. The normalized spacial score (nSPS) is 13.1. The van der Waals surface area contributed by atoms with Crippen molar-refractivity contribution in [1.29, 1.82) is 0 Å². The summed E-state index contributed by atoms with van der Waals surface area (Å²) in [6.07, 6.45) is 8.55. The zero-order valence-corrected chi connectivity index (χ0v) is 25.0. The van der Waals surface area contributed by atoms with E-state index in [1.54, 1.807) is 0 Å². The van der Waals surface area contributed by atoms with Crippen LogP contribution in [0.1, 0.15) is 70.7 Å². The Bertz CT molecular complexity index is 1250. The first-order valence-corrected chi connectivity index (χ1v) is 15.0. The molecule has 2 heterocycles. The van der Waals surface area contributed by atoms with Gasteiger partial charge in [-0.25, -0.2) is 4.98 Å². The summed E-state index contributed by atoms with van der Waals surface area (Å²) in [5.74, 6) is 2.86. The molecule has 4 rings (SSSR count). The van der Waals surface area contributed by atoms with Crippen molar-refractivity contribution in [2.24, 2.45) is 11.8 Å². The van der Waals surface area contributed by atoms with Gasteiger partial charge in [-0.15, -0.1) is 0 Å². The molecule has 1 N–H and O–H groups in total. The Kier molecular flexibility index (Phi) is 10.5. The van der Waals surface area contributed by atoms with Crippen LogP contribution in [0.25, 0.3) is 11.0 Å². The van der Waals surface area contributed by atoms with Crippen LogP contribution in [0.3, 0.4) is 0 Å². The van der Waals surface area contributed by atoms with Crippen LogP contribution in [-0.4, -0.2) is 58.0 Å². The van der Waals surface area contributed by atoms with E-state index in [0.717, 1.165) is 92.4 Å². The topological polar surface area (TPSA) is 62.6 Å². The summed E-state index contributed by atoms with van der Waals surface area (Å²) in [6, 6.07) is 13.9. The molecule has 0 unspecified atom stereocenters. The fraction of sp³-hybridized carbons (Fsp3) is 0.515. The number of carbonyl (C=O) groups excluding carboxylic acids is 1. The summed E-state index contributed by atoms with van der Waals surface area (Å²) in [5.41, 5.74) is 3.56. The maximum atomic E-state index is 13.8. The zero-order valence-electron chi connectivity index (χ0n) is 25.0. The highest BCUT2D eigenvalue weighted by atomic mass is 16.5. The van der Waals surface area contributed by atoms with Gasteiger partial charge in [0, 0.05) is 44.0 Å². The number of ether oxygens (including phenoxy) is 1. The van der Waals surface area contributed by atoms with Crippen LogP contribution in [0, 0.1) is 11.8 Å². The van der Waals surface area contributed by atoms with Gasteiger partial charge in [0.2, 0.25) is 5.95 Å². The summed E-state index contributed by atoms with van der Waals surface area (Å²) >= 11 is 0. The van der Waals surface area contributed by atoms with Crippen molar-refractivity contribution < 1.29 is 9.53 Å². The second-order valence-electron chi connectivity index (χ2n) is 11.6. The first-order valence-electron chi connectivity index (χ1n) is 15.0. The van der Waals surface area contributed by atoms with Gasteiger partial charge in [-0.1, -0.05) is 33.8 Å². The highest BCUT2D eigenvalue weighted by Gasteiger charge is 2.19. The van der Waals surface area contributed by atoms with E-state index in [4.69, 9.17) is 9.72 Å². The average Bonchev–Trinajstić information content (AvgIpc) is 3.57. The largest absolute Gasteiger partial charge is 0.494 e. The van der Waals surface area contributed by atoms with E-state index in [9.17, 15) is 4.79 Å². The maximum Gasteiger partial charge on any atom is 0.253 e. The van der Waals surface area contributed by atoms with Crippen molar-refractivity contribution >= 4 is 28.6 Å². The molecule has 40 heavy (non-hydrogen) atoms. The van der Waals surface area contributed by atoms with Crippen LogP contribution in [0.2, 0.25) is 0 Å². The molecular formula is C33H47N5O2.